The van der Waals surface area contributed by atoms with Crippen LogP contribution in [0.1, 0.15) is 18.0 Å². The number of nitrogens with two attached hydrogens (primary N) is 2. The zero-order valence-electron chi connectivity index (χ0n) is 7.84. The van der Waals surface area contributed by atoms with Crippen molar-refractivity contribution >= 4 is 5.91 Å². The third-order valence-electron chi connectivity index (χ3n) is 1.98. The molecule has 1 rings (SSSR count). The van der Waals surface area contributed by atoms with E-state index in [4.69, 9.17) is 16.6 Å². The number of hydrogen-bond acceptors (Lipinski definition) is 5. The second-order valence-electron chi connectivity index (χ2n) is 3.15. The Labute approximate surface area is 85.8 Å². The van der Waals surface area contributed by atoms with Gasteiger partial charge in [-0.25, -0.2) is 0 Å². The van der Waals surface area contributed by atoms with Crippen molar-refractivity contribution in [3.63, 3.8) is 0 Å². The molecular weight excluding hydrogens is 200 g/mol. The van der Waals surface area contributed by atoms with E-state index in [1.807, 2.05) is 0 Å². The SMILES string of the molecule is NC(=O)CC(N)c1ccc(O)c(O)c1O. The highest BCUT2D eigenvalue weighted by molar-refractivity contribution is 5.75. The summed E-state index contributed by atoms with van der Waals surface area (Å²) in [6.07, 6.45) is -0.155. The van der Waals surface area contributed by atoms with E-state index in [1.54, 1.807) is 0 Å². The summed E-state index contributed by atoms with van der Waals surface area (Å²) in [6.45, 7) is 0. The van der Waals surface area contributed by atoms with Crippen molar-refractivity contribution < 1.29 is 20.1 Å². The van der Waals surface area contributed by atoms with Gasteiger partial charge in [-0.1, -0.05) is 0 Å². The topological polar surface area (TPSA) is 130 Å². The summed E-state index contributed by atoms with van der Waals surface area (Å²) in [6, 6.07) is 1.68. The van der Waals surface area contributed by atoms with E-state index in [-0.39, 0.29) is 12.0 Å². The van der Waals surface area contributed by atoms with Crippen LogP contribution >= 0.6 is 0 Å². The van der Waals surface area contributed by atoms with Gasteiger partial charge in [0.2, 0.25) is 11.7 Å². The number of rotatable bonds is 3. The number of phenols is 3. The lowest BCUT2D eigenvalue weighted by Crippen LogP contribution is -2.20. The zero-order chi connectivity index (χ0) is 11.6. The first-order valence-electron chi connectivity index (χ1n) is 4.21. The molecule has 0 heterocycles. The molecule has 0 saturated heterocycles. The van der Waals surface area contributed by atoms with Gasteiger partial charge in [0.1, 0.15) is 0 Å². The van der Waals surface area contributed by atoms with Crippen molar-refractivity contribution in [1.82, 2.24) is 0 Å². The quantitative estimate of drug-likeness (QED) is 0.438. The Morgan fingerprint density at radius 2 is 1.87 bits per heavy atom. The van der Waals surface area contributed by atoms with Crippen LogP contribution in [0.3, 0.4) is 0 Å². The second kappa shape index (κ2) is 4.05. The first kappa shape index (κ1) is 11.1. The molecule has 1 aromatic rings. The standard InChI is InChI=1S/C9H12N2O4/c10-5(3-7(11)13)4-1-2-6(12)9(15)8(4)14/h1-2,5,12,14-15H,3,10H2,(H2,11,13). The average Bonchev–Trinajstić information content (AvgIpc) is 2.13. The monoisotopic (exact) mass is 212 g/mol. The Kier molecular flexibility index (Phi) is 3.01. The van der Waals surface area contributed by atoms with Gasteiger partial charge in [0.05, 0.1) is 0 Å². The highest BCUT2D eigenvalue weighted by atomic mass is 16.3. The maximum Gasteiger partial charge on any atom is 0.219 e. The molecule has 1 atom stereocenters. The number of hydrogen-bond donors (Lipinski definition) is 5. The molecule has 1 amide bonds. The van der Waals surface area contributed by atoms with Crippen LogP contribution in [0, 0.1) is 0 Å². The van der Waals surface area contributed by atoms with Gasteiger partial charge in [-0.05, 0) is 12.1 Å². The van der Waals surface area contributed by atoms with E-state index in [0.717, 1.165) is 0 Å². The molecule has 0 aromatic heterocycles. The van der Waals surface area contributed by atoms with Crippen molar-refractivity contribution in [2.45, 2.75) is 12.5 Å². The van der Waals surface area contributed by atoms with Gasteiger partial charge < -0.3 is 26.8 Å². The molecule has 82 valence electrons. The molecule has 0 aliphatic heterocycles. The normalized spacial score (nSPS) is 12.3. The van der Waals surface area contributed by atoms with Crippen LogP contribution in [0.25, 0.3) is 0 Å². The van der Waals surface area contributed by atoms with Crippen LogP contribution in [0.4, 0.5) is 0 Å². The summed E-state index contributed by atoms with van der Waals surface area (Å²) >= 11 is 0. The molecule has 0 saturated carbocycles. The van der Waals surface area contributed by atoms with Crippen molar-refractivity contribution in [2.24, 2.45) is 11.5 Å². The fraction of sp³-hybridized carbons (Fsp3) is 0.222. The zero-order valence-corrected chi connectivity index (χ0v) is 7.84. The largest absolute Gasteiger partial charge is 0.504 e. The molecule has 7 N–H and O–H groups in total. The van der Waals surface area contributed by atoms with E-state index in [0.29, 0.717) is 0 Å². The first-order valence-corrected chi connectivity index (χ1v) is 4.21. The minimum absolute atomic E-state index is 0.155. The number of aromatic hydroxyl groups is 3. The lowest BCUT2D eigenvalue weighted by molar-refractivity contribution is -0.118. The number of amides is 1. The van der Waals surface area contributed by atoms with E-state index in [9.17, 15) is 15.0 Å². The van der Waals surface area contributed by atoms with Crippen LogP contribution in [-0.2, 0) is 4.79 Å². The van der Waals surface area contributed by atoms with Gasteiger partial charge in [0.25, 0.3) is 0 Å². The van der Waals surface area contributed by atoms with Crippen LogP contribution < -0.4 is 11.5 Å². The Bertz CT molecular complexity index is 392. The Balaban J connectivity index is 3.05. The highest BCUT2D eigenvalue weighted by Crippen LogP contribution is 2.39. The minimum Gasteiger partial charge on any atom is -0.504 e. The fourth-order valence-electron chi connectivity index (χ4n) is 1.21. The van der Waals surface area contributed by atoms with E-state index < -0.39 is 29.2 Å². The molecule has 0 bridgehead atoms. The summed E-state index contributed by atoms with van der Waals surface area (Å²) in [5.41, 5.74) is 10.7. The van der Waals surface area contributed by atoms with Gasteiger partial charge in [-0.15, -0.1) is 0 Å². The van der Waals surface area contributed by atoms with Gasteiger partial charge in [-0.2, -0.15) is 0 Å². The molecule has 1 unspecified atom stereocenters. The fourth-order valence-corrected chi connectivity index (χ4v) is 1.21. The minimum atomic E-state index is -0.811. The third kappa shape index (κ3) is 2.29. The van der Waals surface area contributed by atoms with Gasteiger partial charge in [0.15, 0.2) is 11.5 Å². The molecule has 0 fully saturated rings. The summed E-state index contributed by atoms with van der Waals surface area (Å²) in [7, 11) is 0. The molecule has 0 aliphatic rings. The van der Waals surface area contributed by atoms with Crippen LogP contribution in [0.15, 0.2) is 12.1 Å². The predicted molar refractivity (Wildman–Crippen MR) is 52.2 cm³/mol. The van der Waals surface area contributed by atoms with Crippen LogP contribution in [0.2, 0.25) is 0 Å². The molecule has 0 aliphatic carbocycles. The van der Waals surface area contributed by atoms with Crippen molar-refractivity contribution in [1.29, 1.82) is 0 Å². The van der Waals surface area contributed by atoms with Crippen molar-refractivity contribution in [3.05, 3.63) is 17.7 Å². The summed E-state index contributed by atoms with van der Waals surface area (Å²) in [4.78, 5) is 10.6. The molecule has 15 heavy (non-hydrogen) atoms. The van der Waals surface area contributed by atoms with Crippen molar-refractivity contribution in [2.75, 3.05) is 0 Å². The lowest BCUT2D eigenvalue weighted by atomic mass is 10.0. The summed E-state index contributed by atoms with van der Waals surface area (Å²) in [5.74, 6) is -2.27. The summed E-state index contributed by atoms with van der Waals surface area (Å²) < 4.78 is 0. The second-order valence-corrected chi connectivity index (χ2v) is 3.15. The van der Waals surface area contributed by atoms with E-state index in [2.05, 4.69) is 0 Å². The van der Waals surface area contributed by atoms with E-state index >= 15 is 0 Å². The highest BCUT2D eigenvalue weighted by Gasteiger charge is 2.17. The number of phenolic OH excluding ortho intramolecular Hbond substituents is 3. The Hall–Kier alpha value is -1.95. The maximum absolute atomic E-state index is 10.6. The summed E-state index contributed by atoms with van der Waals surface area (Å²) in [5, 5.41) is 27.7. The first-order chi connectivity index (χ1) is 6.93. The number of primary amides is 1. The third-order valence-corrected chi connectivity index (χ3v) is 1.98. The molecule has 6 heteroatoms. The predicted octanol–water partition coefficient (Wildman–Crippen LogP) is -0.321. The molecule has 1 aromatic carbocycles. The molecule has 6 nitrogen and oxygen atoms in total. The smallest absolute Gasteiger partial charge is 0.219 e. The van der Waals surface area contributed by atoms with Gasteiger partial charge in [0, 0.05) is 18.0 Å². The molecule has 0 spiro atoms. The van der Waals surface area contributed by atoms with Crippen molar-refractivity contribution in [3.8, 4) is 17.2 Å². The number of benzene rings is 1. The van der Waals surface area contributed by atoms with Gasteiger partial charge in [-0.3, -0.25) is 4.79 Å². The lowest BCUT2D eigenvalue weighted by Gasteiger charge is -2.13. The number of carbonyl (C=O) groups excluding carboxylic acids is 1. The molecule has 0 radical (unpaired) electrons. The van der Waals surface area contributed by atoms with E-state index in [1.165, 1.54) is 12.1 Å². The maximum atomic E-state index is 10.6. The Morgan fingerprint density at radius 1 is 1.27 bits per heavy atom. The van der Waals surface area contributed by atoms with Crippen LogP contribution in [-0.4, -0.2) is 21.2 Å². The number of carbonyl (C=O) groups is 1. The average molecular weight is 212 g/mol. The van der Waals surface area contributed by atoms with Crippen LogP contribution in [0.5, 0.6) is 17.2 Å². The van der Waals surface area contributed by atoms with Gasteiger partial charge >= 0.3 is 0 Å². The Morgan fingerprint density at radius 3 is 2.40 bits per heavy atom. The molecular formula is C9H12N2O4.